The third kappa shape index (κ3) is 7.84. The normalized spacial score (nSPS) is 17.0. The highest BCUT2D eigenvalue weighted by Crippen LogP contribution is 2.23. The quantitative estimate of drug-likeness (QED) is 0.260. The number of nitrogens with one attached hydrogen (secondary N) is 2. The largest absolute Gasteiger partial charge is 0.465 e. The summed E-state index contributed by atoms with van der Waals surface area (Å²) in [6.45, 7) is 11.6. The molecule has 7 heteroatoms. The number of aryl methyl sites for hydroxylation is 1. The van der Waals surface area contributed by atoms with Crippen LogP contribution in [0.15, 0.2) is 21.5 Å². The van der Waals surface area contributed by atoms with Crippen molar-refractivity contribution < 1.29 is 9.15 Å². The summed E-state index contributed by atoms with van der Waals surface area (Å²) in [6.07, 6.45) is 2.38. The molecule has 1 aliphatic rings. The van der Waals surface area contributed by atoms with Gasteiger partial charge in [0.2, 0.25) is 0 Å². The van der Waals surface area contributed by atoms with Crippen LogP contribution in [0.3, 0.4) is 0 Å². The lowest BCUT2D eigenvalue weighted by Gasteiger charge is -2.33. The van der Waals surface area contributed by atoms with E-state index in [-0.39, 0.29) is 30.0 Å². The molecule has 1 aliphatic heterocycles. The number of nitrogens with zero attached hydrogens (tertiary/aromatic N) is 2. The van der Waals surface area contributed by atoms with Crippen LogP contribution in [0.1, 0.15) is 44.3 Å². The van der Waals surface area contributed by atoms with Gasteiger partial charge in [-0.25, -0.2) is 0 Å². The Hall–Kier alpha value is -0.800. The van der Waals surface area contributed by atoms with Crippen molar-refractivity contribution >= 4 is 29.9 Å². The lowest BCUT2D eigenvalue weighted by atomic mass is 10.1. The van der Waals surface area contributed by atoms with Crippen LogP contribution in [-0.4, -0.2) is 57.3 Å². The molecular weight excluding hydrogens is 443 g/mol. The maximum Gasteiger partial charge on any atom is 0.191 e. The van der Waals surface area contributed by atoms with Crippen molar-refractivity contribution in [2.45, 2.75) is 39.7 Å². The van der Waals surface area contributed by atoms with Crippen LogP contribution < -0.4 is 10.6 Å². The summed E-state index contributed by atoms with van der Waals surface area (Å²) in [5, 5.41) is 6.86. The minimum absolute atomic E-state index is 0. The second kappa shape index (κ2) is 12.6. The first-order valence-corrected chi connectivity index (χ1v) is 9.42. The average Bonchev–Trinajstić information content (AvgIpc) is 3.04. The second-order valence-corrected chi connectivity index (χ2v) is 7.03. The number of ether oxygens (including phenoxy) is 1. The predicted octanol–water partition coefficient (Wildman–Crippen LogP) is 3.18. The van der Waals surface area contributed by atoms with Gasteiger partial charge in [0.1, 0.15) is 11.5 Å². The van der Waals surface area contributed by atoms with Gasteiger partial charge in [0.15, 0.2) is 5.96 Å². The van der Waals surface area contributed by atoms with Crippen LogP contribution in [0.4, 0.5) is 0 Å². The molecule has 1 saturated heterocycles. The highest BCUT2D eigenvalue weighted by Gasteiger charge is 2.25. The number of rotatable bonds is 8. The van der Waals surface area contributed by atoms with Gasteiger partial charge in [-0.15, -0.1) is 24.0 Å². The number of halogens is 1. The number of hydrogen-bond acceptors (Lipinski definition) is 4. The van der Waals surface area contributed by atoms with Gasteiger partial charge in [-0.05, 0) is 37.8 Å². The van der Waals surface area contributed by atoms with E-state index in [1.807, 2.05) is 20.0 Å². The first kappa shape index (κ1) is 23.2. The summed E-state index contributed by atoms with van der Waals surface area (Å²) < 4.78 is 11.4. The van der Waals surface area contributed by atoms with Gasteiger partial charge in [-0.2, -0.15) is 0 Å². The molecule has 1 fully saturated rings. The summed E-state index contributed by atoms with van der Waals surface area (Å²) in [6, 6.07) is 4.30. The zero-order valence-corrected chi connectivity index (χ0v) is 18.9. The summed E-state index contributed by atoms with van der Waals surface area (Å²) in [5.74, 6) is 3.54. The summed E-state index contributed by atoms with van der Waals surface area (Å²) in [4.78, 5) is 6.76. The van der Waals surface area contributed by atoms with Crippen molar-refractivity contribution in [1.82, 2.24) is 15.5 Å². The molecule has 26 heavy (non-hydrogen) atoms. The molecule has 0 bridgehead atoms. The number of furan rings is 1. The average molecular weight is 478 g/mol. The third-order valence-corrected chi connectivity index (χ3v) is 4.51. The molecule has 1 aromatic rings. The highest BCUT2D eigenvalue weighted by atomic mass is 127. The first-order valence-electron chi connectivity index (χ1n) is 9.42. The van der Waals surface area contributed by atoms with Gasteiger partial charge < -0.3 is 19.8 Å². The van der Waals surface area contributed by atoms with Gasteiger partial charge >= 0.3 is 0 Å². The zero-order chi connectivity index (χ0) is 18.1. The Kier molecular flexibility index (Phi) is 11.2. The Morgan fingerprint density at radius 1 is 1.23 bits per heavy atom. The molecule has 0 radical (unpaired) electrons. The minimum Gasteiger partial charge on any atom is -0.465 e. The molecular formula is C19H35IN4O2. The fraction of sp³-hybridized carbons (Fsp3) is 0.737. The maximum absolute atomic E-state index is 5.91. The predicted molar refractivity (Wildman–Crippen MR) is 117 cm³/mol. The number of aliphatic imine (C=N–C) groups is 1. The third-order valence-electron chi connectivity index (χ3n) is 4.51. The van der Waals surface area contributed by atoms with Crippen molar-refractivity contribution in [3.63, 3.8) is 0 Å². The number of morpholine rings is 1. The van der Waals surface area contributed by atoms with Gasteiger partial charge in [0.05, 0.1) is 19.3 Å². The smallest absolute Gasteiger partial charge is 0.191 e. The topological polar surface area (TPSA) is 62.0 Å². The summed E-state index contributed by atoms with van der Waals surface area (Å²) in [7, 11) is 1.82. The standard InChI is InChI=1S/C19H34N4O2.HI/c1-15(2)6-5-9-21-19(20-4)22-14-17(18-8-7-16(3)25-18)23-10-12-24-13-11-23;/h7-8,15,17H,5-6,9-14H2,1-4H3,(H2,20,21,22);1H. The fourth-order valence-corrected chi connectivity index (χ4v) is 3.06. The number of guanidine groups is 1. The van der Waals surface area contributed by atoms with Crippen LogP contribution >= 0.6 is 24.0 Å². The van der Waals surface area contributed by atoms with Crippen LogP contribution in [0.25, 0.3) is 0 Å². The molecule has 2 N–H and O–H groups in total. The Balaban J connectivity index is 0.00000338. The second-order valence-electron chi connectivity index (χ2n) is 7.03. The first-order chi connectivity index (χ1) is 12.1. The van der Waals surface area contributed by atoms with Crippen molar-refractivity contribution in [2.24, 2.45) is 10.9 Å². The molecule has 0 amide bonds. The minimum atomic E-state index is 0. The van der Waals surface area contributed by atoms with E-state index in [9.17, 15) is 0 Å². The maximum atomic E-state index is 5.91. The fourth-order valence-electron chi connectivity index (χ4n) is 3.06. The SMILES string of the molecule is CN=C(NCCCC(C)C)NCC(c1ccc(C)o1)N1CCOCC1.I. The van der Waals surface area contributed by atoms with E-state index in [0.717, 1.165) is 69.2 Å². The van der Waals surface area contributed by atoms with E-state index in [4.69, 9.17) is 9.15 Å². The molecule has 2 rings (SSSR count). The molecule has 6 nitrogen and oxygen atoms in total. The number of hydrogen-bond donors (Lipinski definition) is 2. The lowest BCUT2D eigenvalue weighted by molar-refractivity contribution is 0.0124. The van der Waals surface area contributed by atoms with E-state index in [1.165, 1.54) is 6.42 Å². The molecule has 0 aromatic carbocycles. The van der Waals surface area contributed by atoms with E-state index < -0.39 is 0 Å². The van der Waals surface area contributed by atoms with Gasteiger partial charge in [-0.3, -0.25) is 9.89 Å². The Bertz CT molecular complexity index is 527. The van der Waals surface area contributed by atoms with Crippen molar-refractivity contribution in [2.75, 3.05) is 46.4 Å². The van der Waals surface area contributed by atoms with Gasteiger partial charge in [-0.1, -0.05) is 13.8 Å². The highest BCUT2D eigenvalue weighted by molar-refractivity contribution is 14.0. The van der Waals surface area contributed by atoms with E-state index >= 15 is 0 Å². The van der Waals surface area contributed by atoms with Crippen molar-refractivity contribution in [3.8, 4) is 0 Å². The molecule has 0 spiro atoms. The van der Waals surface area contributed by atoms with E-state index in [2.05, 4.69) is 40.4 Å². The molecule has 150 valence electrons. The van der Waals surface area contributed by atoms with Crippen LogP contribution in [0.5, 0.6) is 0 Å². The Morgan fingerprint density at radius 3 is 2.54 bits per heavy atom. The van der Waals surface area contributed by atoms with Crippen molar-refractivity contribution in [3.05, 3.63) is 23.7 Å². The van der Waals surface area contributed by atoms with Crippen LogP contribution in [0.2, 0.25) is 0 Å². The molecule has 1 atom stereocenters. The molecule has 1 unspecified atom stereocenters. The summed E-state index contributed by atoms with van der Waals surface area (Å²) in [5.41, 5.74) is 0. The summed E-state index contributed by atoms with van der Waals surface area (Å²) >= 11 is 0. The van der Waals surface area contributed by atoms with Crippen LogP contribution in [-0.2, 0) is 4.74 Å². The van der Waals surface area contributed by atoms with E-state index in [1.54, 1.807) is 0 Å². The molecule has 0 aliphatic carbocycles. The monoisotopic (exact) mass is 478 g/mol. The van der Waals surface area contributed by atoms with Gasteiger partial charge in [0.25, 0.3) is 0 Å². The molecule has 1 aromatic heterocycles. The Labute approximate surface area is 175 Å². The molecule has 2 heterocycles. The van der Waals surface area contributed by atoms with Crippen molar-refractivity contribution in [1.29, 1.82) is 0 Å². The van der Waals surface area contributed by atoms with E-state index in [0.29, 0.717) is 0 Å². The Morgan fingerprint density at radius 2 is 1.96 bits per heavy atom. The lowest BCUT2D eigenvalue weighted by Crippen LogP contribution is -2.46. The zero-order valence-electron chi connectivity index (χ0n) is 16.6. The van der Waals surface area contributed by atoms with Gasteiger partial charge in [0, 0.05) is 33.2 Å². The van der Waals surface area contributed by atoms with Crippen LogP contribution in [0, 0.1) is 12.8 Å². The molecule has 0 saturated carbocycles.